The van der Waals surface area contributed by atoms with Crippen molar-refractivity contribution in [2.24, 2.45) is 0 Å². The highest BCUT2D eigenvalue weighted by atomic mass is 19.1. The minimum atomic E-state index is -0.279. The number of carbonyl (C=O) groups is 1. The average molecular weight is 371 g/mol. The standard InChI is InChI=1S/C20H22FN3O3/c1-14(20(25)22-15-6-7-18-19(12-15)27-13-26-18)23-8-10-24(11-9-23)17-5-3-2-4-16(17)21/h2-7,12,14H,8-11,13H2,1H3,(H,22,25). The van der Waals surface area contributed by atoms with Crippen LogP contribution in [0.25, 0.3) is 0 Å². The molecule has 27 heavy (non-hydrogen) atoms. The lowest BCUT2D eigenvalue weighted by atomic mass is 10.2. The molecule has 1 saturated heterocycles. The molecule has 7 heteroatoms. The lowest BCUT2D eigenvalue weighted by Crippen LogP contribution is -2.53. The van der Waals surface area contributed by atoms with E-state index in [1.807, 2.05) is 17.9 Å². The summed E-state index contributed by atoms with van der Waals surface area (Å²) in [7, 11) is 0. The normalized spacial score (nSPS) is 17.6. The van der Waals surface area contributed by atoms with Gasteiger partial charge in [-0.3, -0.25) is 9.69 Å². The van der Waals surface area contributed by atoms with Gasteiger partial charge in [-0.25, -0.2) is 4.39 Å². The molecule has 2 aliphatic rings. The van der Waals surface area contributed by atoms with E-state index >= 15 is 0 Å². The molecular weight excluding hydrogens is 349 g/mol. The molecule has 2 heterocycles. The van der Waals surface area contributed by atoms with E-state index in [9.17, 15) is 9.18 Å². The Hall–Kier alpha value is -2.80. The highest BCUT2D eigenvalue weighted by Crippen LogP contribution is 2.34. The number of fused-ring (bicyclic) bond motifs is 1. The van der Waals surface area contributed by atoms with E-state index in [4.69, 9.17) is 9.47 Å². The molecule has 4 rings (SSSR count). The van der Waals surface area contributed by atoms with Crippen molar-refractivity contribution in [1.82, 2.24) is 4.90 Å². The summed E-state index contributed by atoms with van der Waals surface area (Å²) in [5.41, 5.74) is 1.30. The molecule has 0 spiro atoms. The van der Waals surface area contributed by atoms with Crippen molar-refractivity contribution in [1.29, 1.82) is 0 Å². The van der Waals surface area contributed by atoms with Gasteiger partial charge in [0.15, 0.2) is 11.5 Å². The molecule has 0 radical (unpaired) electrons. The van der Waals surface area contributed by atoms with Crippen LogP contribution in [0.4, 0.5) is 15.8 Å². The molecule has 2 aromatic rings. The number of amides is 1. The maximum atomic E-state index is 14.0. The largest absolute Gasteiger partial charge is 0.454 e. The van der Waals surface area contributed by atoms with Gasteiger partial charge in [-0.2, -0.15) is 0 Å². The Kier molecular flexibility index (Phi) is 4.85. The first-order valence-corrected chi connectivity index (χ1v) is 9.06. The number of benzene rings is 2. The predicted molar refractivity (Wildman–Crippen MR) is 101 cm³/mol. The zero-order valence-corrected chi connectivity index (χ0v) is 15.2. The van der Waals surface area contributed by atoms with Gasteiger partial charge >= 0.3 is 0 Å². The van der Waals surface area contributed by atoms with Gasteiger partial charge in [0.05, 0.1) is 11.7 Å². The second-order valence-corrected chi connectivity index (χ2v) is 6.71. The molecule has 142 valence electrons. The third kappa shape index (κ3) is 3.68. The number of carbonyl (C=O) groups excluding carboxylic acids is 1. The van der Waals surface area contributed by atoms with E-state index in [0.29, 0.717) is 49.1 Å². The highest BCUT2D eigenvalue weighted by molar-refractivity contribution is 5.94. The van der Waals surface area contributed by atoms with Gasteiger partial charge in [-0.15, -0.1) is 0 Å². The lowest BCUT2D eigenvalue weighted by Gasteiger charge is -2.38. The number of piperazine rings is 1. The maximum Gasteiger partial charge on any atom is 0.241 e. The number of para-hydroxylation sites is 1. The van der Waals surface area contributed by atoms with Gasteiger partial charge in [-0.05, 0) is 31.2 Å². The van der Waals surface area contributed by atoms with Crippen LogP contribution < -0.4 is 19.7 Å². The number of anilines is 2. The van der Waals surface area contributed by atoms with Crippen molar-refractivity contribution >= 4 is 17.3 Å². The molecule has 6 nitrogen and oxygen atoms in total. The van der Waals surface area contributed by atoms with Crippen LogP contribution in [-0.2, 0) is 4.79 Å². The fourth-order valence-corrected chi connectivity index (χ4v) is 3.45. The molecule has 0 aliphatic carbocycles. The molecular formula is C20H22FN3O3. The van der Waals surface area contributed by atoms with E-state index in [1.54, 1.807) is 30.3 Å². The molecule has 2 aliphatic heterocycles. The van der Waals surface area contributed by atoms with Gasteiger partial charge < -0.3 is 19.7 Å². The molecule has 0 bridgehead atoms. The summed E-state index contributed by atoms with van der Waals surface area (Å²) >= 11 is 0. The second kappa shape index (κ2) is 7.44. The zero-order chi connectivity index (χ0) is 18.8. The molecule has 0 aromatic heterocycles. The molecule has 1 atom stereocenters. The number of ether oxygens (including phenoxy) is 2. The summed E-state index contributed by atoms with van der Waals surface area (Å²) in [5.74, 6) is 1.04. The Bertz CT molecular complexity index is 837. The van der Waals surface area contributed by atoms with E-state index in [0.717, 1.165) is 0 Å². The second-order valence-electron chi connectivity index (χ2n) is 6.71. The minimum absolute atomic E-state index is 0.0757. The van der Waals surface area contributed by atoms with Gasteiger partial charge in [0.2, 0.25) is 12.7 Å². The summed E-state index contributed by atoms with van der Waals surface area (Å²) in [4.78, 5) is 16.8. The quantitative estimate of drug-likeness (QED) is 0.896. The summed E-state index contributed by atoms with van der Waals surface area (Å²) in [6.45, 7) is 4.86. The lowest BCUT2D eigenvalue weighted by molar-refractivity contribution is -0.120. The van der Waals surface area contributed by atoms with E-state index in [-0.39, 0.29) is 24.6 Å². The number of rotatable bonds is 4. The topological polar surface area (TPSA) is 54.0 Å². The Morgan fingerprint density at radius 1 is 1.07 bits per heavy atom. The first-order valence-electron chi connectivity index (χ1n) is 9.06. The van der Waals surface area contributed by atoms with Crippen LogP contribution in [0.2, 0.25) is 0 Å². The van der Waals surface area contributed by atoms with Gasteiger partial charge in [0.25, 0.3) is 0 Å². The third-order valence-corrected chi connectivity index (χ3v) is 5.07. The first kappa shape index (κ1) is 17.6. The van der Waals surface area contributed by atoms with Crippen molar-refractivity contribution in [3.05, 3.63) is 48.3 Å². The molecule has 1 N–H and O–H groups in total. The fourth-order valence-electron chi connectivity index (χ4n) is 3.45. The van der Waals surface area contributed by atoms with Crippen LogP contribution in [0, 0.1) is 5.82 Å². The molecule has 1 amide bonds. The van der Waals surface area contributed by atoms with E-state index in [1.165, 1.54) is 6.07 Å². The third-order valence-electron chi connectivity index (χ3n) is 5.07. The van der Waals surface area contributed by atoms with Crippen LogP contribution in [0.1, 0.15) is 6.92 Å². The number of halogens is 1. The van der Waals surface area contributed by atoms with Crippen LogP contribution in [0.15, 0.2) is 42.5 Å². The van der Waals surface area contributed by atoms with Crippen LogP contribution in [0.3, 0.4) is 0 Å². The number of nitrogens with one attached hydrogen (secondary N) is 1. The van der Waals surface area contributed by atoms with E-state index in [2.05, 4.69) is 10.2 Å². The minimum Gasteiger partial charge on any atom is -0.454 e. The van der Waals surface area contributed by atoms with E-state index < -0.39 is 0 Å². The smallest absolute Gasteiger partial charge is 0.241 e. The number of hydrogen-bond acceptors (Lipinski definition) is 5. The number of hydrogen-bond donors (Lipinski definition) is 1. The average Bonchev–Trinajstić information content (AvgIpc) is 3.16. The molecule has 1 unspecified atom stereocenters. The summed E-state index contributed by atoms with van der Waals surface area (Å²) in [6.07, 6.45) is 0. The molecule has 1 fully saturated rings. The Morgan fingerprint density at radius 3 is 2.59 bits per heavy atom. The van der Waals surface area contributed by atoms with Crippen LogP contribution in [-0.4, -0.2) is 49.8 Å². The van der Waals surface area contributed by atoms with Crippen LogP contribution in [0.5, 0.6) is 11.5 Å². The number of nitrogens with zero attached hydrogens (tertiary/aromatic N) is 2. The summed E-state index contributed by atoms with van der Waals surface area (Å²) < 4.78 is 24.6. The van der Waals surface area contributed by atoms with Gasteiger partial charge in [-0.1, -0.05) is 12.1 Å². The van der Waals surface area contributed by atoms with Gasteiger partial charge in [0.1, 0.15) is 5.82 Å². The van der Waals surface area contributed by atoms with Crippen LogP contribution >= 0.6 is 0 Å². The zero-order valence-electron chi connectivity index (χ0n) is 15.2. The fraction of sp³-hybridized carbons (Fsp3) is 0.350. The maximum absolute atomic E-state index is 14.0. The SMILES string of the molecule is CC(C(=O)Nc1ccc2c(c1)OCO2)N1CCN(c2ccccc2F)CC1. The predicted octanol–water partition coefficient (Wildman–Crippen LogP) is 2.70. The van der Waals surface area contributed by atoms with Crippen molar-refractivity contribution < 1.29 is 18.7 Å². The Morgan fingerprint density at radius 2 is 1.81 bits per heavy atom. The van der Waals surface area contributed by atoms with Gasteiger partial charge in [0, 0.05) is 37.9 Å². The van der Waals surface area contributed by atoms with Crippen molar-refractivity contribution in [3.63, 3.8) is 0 Å². The molecule has 2 aromatic carbocycles. The Balaban J connectivity index is 1.34. The van der Waals surface area contributed by atoms with Crippen molar-refractivity contribution in [3.8, 4) is 11.5 Å². The molecule has 0 saturated carbocycles. The summed E-state index contributed by atoms with van der Waals surface area (Å²) in [5, 5.41) is 2.93. The Labute approximate surface area is 157 Å². The summed E-state index contributed by atoms with van der Waals surface area (Å²) in [6, 6.07) is 11.9. The van der Waals surface area contributed by atoms with Crippen molar-refractivity contribution in [2.45, 2.75) is 13.0 Å². The van der Waals surface area contributed by atoms with Crippen molar-refractivity contribution in [2.75, 3.05) is 43.2 Å². The monoisotopic (exact) mass is 371 g/mol. The highest BCUT2D eigenvalue weighted by Gasteiger charge is 2.27. The first-order chi connectivity index (χ1) is 13.1.